The summed E-state index contributed by atoms with van der Waals surface area (Å²) in [6.45, 7) is 5.04. The minimum Gasteiger partial charge on any atom is -0.353 e. The second-order valence-corrected chi connectivity index (χ2v) is 3.47. The zero-order chi connectivity index (χ0) is 9.52. The Balaban J connectivity index is 2.18. The van der Waals surface area contributed by atoms with E-state index >= 15 is 0 Å². The molecule has 2 nitrogen and oxygen atoms in total. The van der Waals surface area contributed by atoms with Crippen LogP contribution < -0.4 is 0 Å². The van der Waals surface area contributed by atoms with Gasteiger partial charge in [-0.15, -0.1) is 0 Å². The maximum absolute atomic E-state index is 5.68. The van der Waals surface area contributed by atoms with Gasteiger partial charge >= 0.3 is 0 Å². The first-order valence-corrected chi connectivity index (χ1v) is 5.26. The van der Waals surface area contributed by atoms with Crippen molar-refractivity contribution >= 4 is 0 Å². The summed E-state index contributed by atoms with van der Waals surface area (Å²) >= 11 is 0. The lowest BCUT2D eigenvalue weighted by atomic mass is 10.2. The van der Waals surface area contributed by atoms with E-state index in [2.05, 4.69) is 26.0 Å². The fourth-order valence-electron chi connectivity index (χ4n) is 1.43. The highest BCUT2D eigenvalue weighted by atomic mass is 16.7. The molecule has 2 unspecified atom stereocenters. The molecule has 0 spiro atoms. The van der Waals surface area contributed by atoms with Crippen LogP contribution in [0.3, 0.4) is 0 Å². The van der Waals surface area contributed by atoms with Crippen molar-refractivity contribution in [2.75, 3.05) is 6.61 Å². The molecule has 2 heteroatoms. The van der Waals surface area contributed by atoms with Crippen molar-refractivity contribution in [1.29, 1.82) is 0 Å². The molecule has 1 heterocycles. The van der Waals surface area contributed by atoms with Gasteiger partial charge in [-0.05, 0) is 32.6 Å². The first-order valence-electron chi connectivity index (χ1n) is 5.26. The molecule has 0 aromatic heterocycles. The number of hydrogen-bond donors (Lipinski definition) is 0. The van der Waals surface area contributed by atoms with Crippen LogP contribution in [-0.4, -0.2) is 19.0 Å². The number of hydrogen-bond acceptors (Lipinski definition) is 2. The number of allylic oxidation sites excluding steroid dienone is 1. The van der Waals surface area contributed by atoms with Crippen LogP contribution >= 0.6 is 0 Å². The molecule has 2 atom stereocenters. The molecule has 1 rings (SSSR count). The van der Waals surface area contributed by atoms with Crippen LogP contribution in [0.2, 0.25) is 0 Å². The highest BCUT2D eigenvalue weighted by Crippen LogP contribution is 2.15. The molecule has 13 heavy (non-hydrogen) atoms. The molecule has 1 saturated heterocycles. The average Bonchev–Trinajstić information content (AvgIpc) is 2.16. The van der Waals surface area contributed by atoms with Gasteiger partial charge < -0.3 is 9.47 Å². The first-order chi connectivity index (χ1) is 6.33. The lowest BCUT2D eigenvalue weighted by Gasteiger charge is -2.24. The van der Waals surface area contributed by atoms with Crippen molar-refractivity contribution in [3.63, 3.8) is 0 Å². The van der Waals surface area contributed by atoms with E-state index in [4.69, 9.17) is 9.47 Å². The maximum atomic E-state index is 5.68. The molecule has 0 aromatic rings. The summed E-state index contributed by atoms with van der Waals surface area (Å²) in [5.74, 6) is 0. The van der Waals surface area contributed by atoms with Gasteiger partial charge in [-0.1, -0.05) is 19.1 Å². The van der Waals surface area contributed by atoms with E-state index in [0.717, 1.165) is 19.4 Å². The van der Waals surface area contributed by atoms with E-state index in [1.54, 1.807) is 0 Å². The summed E-state index contributed by atoms with van der Waals surface area (Å²) in [6, 6.07) is 0. The molecule has 0 amide bonds. The third-order valence-corrected chi connectivity index (χ3v) is 2.15. The van der Waals surface area contributed by atoms with Gasteiger partial charge in [0.05, 0.1) is 6.10 Å². The SMILES string of the molecule is CC/C=C\C(C)OC1CCCCO1. The van der Waals surface area contributed by atoms with Gasteiger partial charge in [-0.25, -0.2) is 0 Å². The first kappa shape index (κ1) is 10.7. The van der Waals surface area contributed by atoms with Crippen molar-refractivity contribution in [3.8, 4) is 0 Å². The fourth-order valence-corrected chi connectivity index (χ4v) is 1.43. The zero-order valence-electron chi connectivity index (χ0n) is 8.66. The Morgan fingerprint density at radius 2 is 2.38 bits per heavy atom. The summed E-state index contributed by atoms with van der Waals surface area (Å²) < 4.78 is 11.2. The Bertz CT molecular complexity index is 148. The third kappa shape index (κ3) is 4.44. The summed E-state index contributed by atoms with van der Waals surface area (Å²) in [5.41, 5.74) is 0. The van der Waals surface area contributed by atoms with Gasteiger partial charge in [0.1, 0.15) is 0 Å². The molecule has 76 valence electrons. The Morgan fingerprint density at radius 1 is 1.54 bits per heavy atom. The van der Waals surface area contributed by atoms with Gasteiger partial charge in [-0.3, -0.25) is 0 Å². The van der Waals surface area contributed by atoms with Crippen molar-refractivity contribution in [2.24, 2.45) is 0 Å². The van der Waals surface area contributed by atoms with Crippen LogP contribution in [0.25, 0.3) is 0 Å². The average molecular weight is 184 g/mol. The molecule has 0 N–H and O–H groups in total. The minimum atomic E-state index is 0.0326. The van der Waals surface area contributed by atoms with Crippen LogP contribution in [-0.2, 0) is 9.47 Å². The van der Waals surface area contributed by atoms with E-state index in [9.17, 15) is 0 Å². The summed E-state index contributed by atoms with van der Waals surface area (Å²) in [4.78, 5) is 0. The van der Waals surface area contributed by atoms with Gasteiger partial charge in [0.25, 0.3) is 0 Å². The monoisotopic (exact) mass is 184 g/mol. The largest absolute Gasteiger partial charge is 0.353 e. The van der Waals surface area contributed by atoms with E-state index in [-0.39, 0.29) is 12.4 Å². The summed E-state index contributed by atoms with van der Waals surface area (Å²) in [5, 5.41) is 0. The van der Waals surface area contributed by atoms with Crippen LogP contribution in [0.5, 0.6) is 0 Å². The second-order valence-electron chi connectivity index (χ2n) is 3.47. The lowest BCUT2D eigenvalue weighted by Crippen LogP contribution is -2.25. The lowest BCUT2D eigenvalue weighted by molar-refractivity contribution is -0.174. The van der Waals surface area contributed by atoms with Crippen molar-refractivity contribution < 1.29 is 9.47 Å². The Hall–Kier alpha value is -0.340. The molecular formula is C11H20O2. The zero-order valence-corrected chi connectivity index (χ0v) is 8.66. The molecule has 0 bridgehead atoms. The molecular weight excluding hydrogens is 164 g/mol. The molecule has 0 aromatic carbocycles. The van der Waals surface area contributed by atoms with Gasteiger partial charge in [0.15, 0.2) is 6.29 Å². The van der Waals surface area contributed by atoms with Gasteiger partial charge in [-0.2, -0.15) is 0 Å². The third-order valence-electron chi connectivity index (χ3n) is 2.15. The fraction of sp³-hybridized carbons (Fsp3) is 0.818. The molecule has 1 fully saturated rings. The number of ether oxygens (including phenoxy) is 2. The van der Waals surface area contributed by atoms with E-state index in [1.165, 1.54) is 12.8 Å². The molecule has 0 aliphatic carbocycles. The van der Waals surface area contributed by atoms with Crippen LogP contribution in [0, 0.1) is 0 Å². The predicted octanol–water partition coefficient (Wildman–Crippen LogP) is 2.88. The van der Waals surface area contributed by atoms with Crippen molar-refractivity contribution in [1.82, 2.24) is 0 Å². The van der Waals surface area contributed by atoms with Crippen molar-refractivity contribution in [2.45, 2.75) is 51.9 Å². The van der Waals surface area contributed by atoms with Crippen LogP contribution in [0.1, 0.15) is 39.5 Å². The van der Waals surface area contributed by atoms with E-state index in [0.29, 0.717) is 0 Å². The molecule has 0 saturated carbocycles. The molecule has 1 aliphatic heterocycles. The Labute approximate surface area is 80.9 Å². The van der Waals surface area contributed by atoms with Gasteiger partial charge in [0, 0.05) is 6.61 Å². The standard InChI is InChI=1S/C11H20O2/c1-3-4-7-10(2)13-11-8-5-6-9-12-11/h4,7,10-11H,3,5-6,8-9H2,1-2H3/b7-4-. The highest BCUT2D eigenvalue weighted by Gasteiger charge is 2.15. The minimum absolute atomic E-state index is 0.0326. The van der Waals surface area contributed by atoms with E-state index in [1.807, 2.05) is 0 Å². The topological polar surface area (TPSA) is 18.5 Å². The Kier molecular flexibility index (Phi) is 5.09. The smallest absolute Gasteiger partial charge is 0.158 e. The Morgan fingerprint density at radius 3 is 3.00 bits per heavy atom. The van der Waals surface area contributed by atoms with Gasteiger partial charge in [0.2, 0.25) is 0 Å². The van der Waals surface area contributed by atoms with Crippen LogP contribution in [0.4, 0.5) is 0 Å². The predicted molar refractivity (Wildman–Crippen MR) is 53.6 cm³/mol. The second kappa shape index (κ2) is 6.17. The number of rotatable bonds is 4. The quantitative estimate of drug-likeness (QED) is 0.625. The van der Waals surface area contributed by atoms with E-state index < -0.39 is 0 Å². The summed E-state index contributed by atoms with van der Waals surface area (Å²) in [6.07, 6.45) is 8.97. The normalized spacial score (nSPS) is 26.5. The van der Waals surface area contributed by atoms with Crippen molar-refractivity contribution in [3.05, 3.63) is 12.2 Å². The summed E-state index contributed by atoms with van der Waals surface area (Å²) in [7, 11) is 0. The van der Waals surface area contributed by atoms with Crippen LogP contribution in [0.15, 0.2) is 12.2 Å². The maximum Gasteiger partial charge on any atom is 0.158 e. The molecule has 0 radical (unpaired) electrons. The molecule has 1 aliphatic rings. The highest BCUT2D eigenvalue weighted by molar-refractivity contribution is 4.86.